The molecule has 2 amide bonds. The summed E-state index contributed by atoms with van der Waals surface area (Å²) in [5.74, 6) is -2.21. The fraction of sp³-hybridized carbons (Fsp3) is 0.105. The number of tetrazole rings is 1. The normalized spacial score (nSPS) is 11.5. The van der Waals surface area contributed by atoms with Crippen molar-refractivity contribution in [2.75, 3.05) is 5.32 Å². The van der Waals surface area contributed by atoms with Gasteiger partial charge < -0.3 is 10.6 Å². The van der Waals surface area contributed by atoms with Crippen LogP contribution < -0.4 is 10.6 Å². The summed E-state index contributed by atoms with van der Waals surface area (Å²) >= 11 is 0. The van der Waals surface area contributed by atoms with E-state index in [4.69, 9.17) is 0 Å². The van der Waals surface area contributed by atoms with Crippen LogP contribution in [0.1, 0.15) is 23.0 Å². The molecule has 148 valence electrons. The number of carbonyl (C=O) groups excluding carboxylic acids is 2. The van der Waals surface area contributed by atoms with Crippen LogP contribution >= 0.6 is 0 Å². The van der Waals surface area contributed by atoms with E-state index < -0.39 is 23.6 Å². The molecule has 0 aliphatic heterocycles. The summed E-state index contributed by atoms with van der Waals surface area (Å²) in [6.45, 7) is 3.37. The quantitative estimate of drug-likeness (QED) is 0.528. The van der Waals surface area contributed by atoms with Gasteiger partial charge in [0.25, 0.3) is 0 Å². The predicted octanol–water partition coefficient (Wildman–Crippen LogP) is 2.05. The Hall–Kier alpha value is -3.95. The minimum absolute atomic E-state index is 0.00895. The zero-order chi connectivity index (χ0) is 20.8. The molecule has 0 fully saturated rings. The molecule has 1 aromatic heterocycles. The van der Waals surface area contributed by atoms with Crippen molar-refractivity contribution in [3.63, 3.8) is 0 Å². The number of amides is 2. The third kappa shape index (κ3) is 5.06. The zero-order valence-corrected chi connectivity index (χ0v) is 15.0. The minimum atomic E-state index is -1.12. The first kappa shape index (κ1) is 19.8. The number of anilines is 1. The summed E-state index contributed by atoms with van der Waals surface area (Å²) < 4.78 is 27.8. The van der Waals surface area contributed by atoms with Gasteiger partial charge in [-0.15, -0.1) is 10.2 Å². The third-order valence-electron chi connectivity index (χ3n) is 3.97. The maximum absolute atomic E-state index is 14.2. The highest BCUT2D eigenvalue weighted by molar-refractivity contribution is 5.98. The number of aromatic nitrogens is 4. The molecule has 0 radical (unpaired) electrons. The Balaban J connectivity index is 1.75. The molecule has 0 bridgehead atoms. The minimum Gasteiger partial charge on any atom is -0.341 e. The number of nitrogens with one attached hydrogen (secondary N) is 3. The molecule has 0 saturated heterocycles. The summed E-state index contributed by atoms with van der Waals surface area (Å²) in [5.41, 5.74) is 1.07. The number of benzene rings is 2. The summed E-state index contributed by atoms with van der Waals surface area (Å²) in [5, 5.41) is 18.4. The second-order valence-corrected chi connectivity index (χ2v) is 6.00. The molecule has 0 saturated carbocycles. The van der Waals surface area contributed by atoms with Crippen LogP contribution in [0.2, 0.25) is 0 Å². The average molecular weight is 398 g/mol. The number of carbonyl (C=O) groups is 2. The van der Waals surface area contributed by atoms with Crippen LogP contribution in [-0.2, 0) is 16.0 Å². The standard InChI is InChI=1S/C19H16F2N6O2/c1-2-16(28)22-13-6-3-11(4-7-13)9-17(29)23-18(19-24-26-27-25-19)14-10-12(20)5-8-15(14)21/h2-8,10,18H,1,9H2,(H,22,28)(H,23,29)(H,24,25,26,27). The summed E-state index contributed by atoms with van der Waals surface area (Å²) in [7, 11) is 0. The van der Waals surface area contributed by atoms with Crippen molar-refractivity contribution < 1.29 is 18.4 Å². The molecule has 2 aromatic carbocycles. The van der Waals surface area contributed by atoms with E-state index >= 15 is 0 Å². The largest absolute Gasteiger partial charge is 0.341 e. The number of hydrogen-bond acceptors (Lipinski definition) is 5. The smallest absolute Gasteiger partial charge is 0.247 e. The molecule has 3 aromatic rings. The van der Waals surface area contributed by atoms with Crippen LogP contribution in [0.3, 0.4) is 0 Å². The fourth-order valence-electron chi connectivity index (χ4n) is 2.61. The molecule has 0 aliphatic rings. The number of H-pyrrole nitrogens is 1. The monoisotopic (exact) mass is 398 g/mol. The Bertz CT molecular complexity index is 1020. The molecular formula is C19H16F2N6O2. The van der Waals surface area contributed by atoms with E-state index in [0.717, 1.165) is 24.3 Å². The van der Waals surface area contributed by atoms with Gasteiger partial charge in [0.05, 0.1) is 6.42 Å². The number of hydrogen-bond donors (Lipinski definition) is 3. The fourth-order valence-corrected chi connectivity index (χ4v) is 2.61. The third-order valence-corrected chi connectivity index (χ3v) is 3.97. The molecule has 1 unspecified atom stereocenters. The van der Waals surface area contributed by atoms with Crippen molar-refractivity contribution in [1.82, 2.24) is 25.9 Å². The summed E-state index contributed by atoms with van der Waals surface area (Å²) in [6, 6.07) is 8.35. The van der Waals surface area contributed by atoms with Crippen molar-refractivity contribution >= 4 is 17.5 Å². The molecular weight excluding hydrogens is 382 g/mol. The molecule has 1 atom stereocenters. The van der Waals surface area contributed by atoms with Crippen molar-refractivity contribution in [1.29, 1.82) is 0 Å². The van der Waals surface area contributed by atoms with Gasteiger partial charge in [-0.1, -0.05) is 23.9 Å². The van der Waals surface area contributed by atoms with E-state index in [-0.39, 0.29) is 23.7 Å². The first-order valence-electron chi connectivity index (χ1n) is 8.46. The number of halogens is 2. The lowest BCUT2D eigenvalue weighted by Gasteiger charge is -2.17. The summed E-state index contributed by atoms with van der Waals surface area (Å²) in [4.78, 5) is 23.8. The highest BCUT2D eigenvalue weighted by Crippen LogP contribution is 2.23. The van der Waals surface area contributed by atoms with Gasteiger partial charge in [0.2, 0.25) is 17.6 Å². The van der Waals surface area contributed by atoms with Crippen molar-refractivity contribution in [3.05, 3.63) is 83.7 Å². The summed E-state index contributed by atoms with van der Waals surface area (Å²) in [6.07, 6.45) is 1.10. The zero-order valence-electron chi connectivity index (χ0n) is 15.0. The average Bonchev–Trinajstić information content (AvgIpc) is 3.24. The Kier molecular flexibility index (Phi) is 6.03. The van der Waals surface area contributed by atoms with Crippen molar-refractivity contribution in [2.24, 2.45) is 0 Å². The molecule has 10 heteroatoms. The molecule has 0 aliphatic carbocycles. The lowest BCUT2D eigenvalue weighted by atomic mass is 10.0. The molecule has 1 heterocycles. The highest BCUT2D eigenvalue weighted by Gasteiger charge is 2.24. The second-order valence-electron chi connectivity index (χ2n) is 6.00. The van der Waals surface area contributed by atoms with Crippen LogP contribution in [0.25, 0.3) is 0 Å². The van der Waals surface area contributed by atoms with Crippen LogP contribution in [0.4, 0.5) is 14.5 Å². The number of rotatable bonds is 7. The first-order valence-corrected chi connectivity index (χ1v) is 8.46. The maximum atomic E-state index is 14.2. The first-order chi connectivity index (χ1) is 14.0. The SMILES string of the molecule is C=CC(=O)Nc1ccc(CC(=O)NC(c2nn[nH]n2)c2cc(F)ccc2F)cc1. The van der Waals surface area contributed by atoms with Gasteiger partial charge in [0.15, 0.2) is 0 Å². The lowest BCUT2D eigenvalue weighted by Crippen LogP contribution is -2.32. The number of nitrogens with zero attached hydrogens (tertiary/aromatic N) is 3. The molecule has 29 heavy (non-hydrogen) atoms. The molecule has 0 spiro atoms. The van der Waals surface area contributed by atoms with E-state index in [1.807, 2.05) is 0 Å². The Morgan fingerprint density at radius 2 is 1.93 bits per heavy atom. The van der Waals surface area contributed by atoms with Gasteiger partial charge in [0, 0.05) is 11.3 Å². The van der Waals surface area contributed by atoms with Gasteiger partial charge in [-0.25, -0.2) is 8.78 Å². The van der Waals surface area contributed by atoms with Gasteiger partial charge in [0.1, 0.15) is 17.7 Å². The topological polar surface area (TPSA) is 113 Å². The van der Waals surface area contributed by atoms with Crippen LogP contribution in [0, 0.1) is 11.6 Å². The van der Waals surface area contributed by atoms with E-state index in [9.17, 15) is 18.4 Å². The Morgan fingerprint density at radius 3 is 2.59 bits per heavy atom. The van der Waals surface area contributed by atoms with E-state index in [1.165, 1.54) is 0 Å². The number of aromatic amines is 1. The second kappa shape index (κ2) is 8.83. The molecule has 8 nitrogen and oxygen atoms in total. The van der Waals surface area contributed by atoms with Gasteiger partial charge in [-0.2, -0.15) is 5.21 Å². The van der Waals surface area contributed by atoms with Gasteiger partial charge in [-0.3, -0.25) is 9.59 Å². The maximum Gasteiger partial charge on any atom is 0.247 e. The molecule has 3 N–H and O–H groups in total. The highest BCUT2D eigenvalue weighted by atomic mass is 19.1. The van der Waals surface area contributed by atoms with E-state index in [0.29, 0.717) is 11.3 Å². The van der Waals surface area contributed by atoms with E-state index in [1.54, 1.807) is 24.3 Å². The molecule has 3 rings (SSSR count). The van der Waals surface area contributed by atoms with Crippen LogP contribution in [0.15, 0.2) is 55.1 Å². The van der Waals surface area contributed by atoms with Crippen molar-refractivity contribution in [2.45, 2.75) is 12.5 Å². The van der Waals surface area contributed by atoms with E-state index in [2.05, 4.69) is 37.8 Å². The van der Waals surface area contributed by atoms with Crippen molar-refractivity contribution in [3.8, 4) is 0 Å². The predicted molar refractivity (Wildman–Crippen MR) is 99.5 cm³/mol. The van der Waals surface area contributed by atoms with Gasteiger partial charge in [-0.05, 0) is 42.0 Å². The Labute approximate surface area is 164 Å². The van der Waals surface area contributed by atoms with Crippen LogP contribution in [-0.4, -0.2) is 32.4 Å². The lowest BCUT2D eigenvalue weighted by molar-refractivity contribution is -0.121. The van der Waals surface area contributed by atoms with Gasteiger partial charge >= 0.3 is 0 Å². The Morgan fingerprint density at radius 1 is 1.17 bits per heavy atom. The van der Waals surface area contributed by atoms with Crippen LogP contribution in [0.5, 0.6) is 0 Å².